The Hall–Kier alpha value is -2.04. The van der Waals surface area contributed by atoms with Gasteiger partial charge in [-0.05, 0) is 18.6 Å². The summed E-state index contributed by atoms with van der Waals surface area (Å²) < 4.78 is 16.5. The van der Waals surface area contributed by atoms with Gasteiger partial charge in [0.1, 0.15) is 24.2 Å². The third-order valence-electron chi connectivity index (χ3n) is 3.33. The fourth-order valence-corrected chi connectivity index (χ4v) is 2.32. The molecule has 2 aromatic carbocycles. The Morgan fingerprint density at radius 3 is 2.64 bits per heavy atom. The highest BCUT2D eigenvalue weighted by molar-refractivity contribution is 5.94. The number of ether oxygens (including phenoxy) is 3. The maximum atomic E-state index is 9.89. The Balaban J connectivity index is 2.17. The van der Waals surface area contributed by atoms with Crippen molar-refractivity contribution < 1.29 is 19.3 Å². The summed E-state index contributed by atoms with van der Waals surface area (Å²) in [6, 6.07) is 9.84. The molecule has 1 atom stereocenters. The number of methoxy groups -OCH3 is 1. The third kappa shape index (κ3) is 3.78. The smallest absolute Gasteiger partial charge is 0.130 e. The first kappa shape index (κ1) is 16.3. The van der Waals surface area contributed by atoms with Crippen LogP contribution in [0.2, 0.25) is 0 Å². The lowest BCUT2D eigenvalue weighted by atomic mass is 10.0. The maximum Gasteiger partial charge on any atom is 0.130 e. The molecule has 1 unspecified atom stereocenters. The Morgan fingerprint density at radius 1 is 1.23 bits per heavy atom. The van der Waals surface area contributed by atoms with E-state index in [1.54, 1.807) is 13.2 Å². The molecule has 0 radical (unpaired) electrons. The van der Waals surface area contributed by atoms with Crippen LogP contribution in [0.1, 0.15) is 5.56 Å². The van der Waals surface area contributed by atoms with E-state index in [1.165, 1.54) is 0 Å². The van der Waals surface area contributed by atoms with Gasteiger partial charge in [0, 0.05) is 10.8 Å². The van der Waals surface area contributed by atoms with Gasteiger partial charge in [-0.15, -0.1) is 6.58 Å². The zero-order valence-electron chi connectivity index (χ0n) is 13.0. The van der Waals surface area contributed by atoms with Crippen LogP contribution in [0.3, 0.4) is 0 Å². The van der Waals surface area contributed by atoms with E-state index in [9.17, 15) is 5.11 Å². The van der Waals surface area contributed by atoms with Gasteiger partial charge in [-0.25, -0.2) is 0 Å². The molecule has 0 fully saturated rings. The van der Waals surface area contributed by atoms with Crippen molar-refractivity contribution >= 4 is 10.8 Å². The van der Waals surface area contributed by atoms with Gasteiger partial charge in [-0.2, -0.15) is 0 Å². The maximum absolute atomic E-state index is 9.89. The summed E-state index contributed by atoms with van der Waals surface area (Å²) in [6.45, 7) is 6.34. The van der Waals surface area contributed by atoms with E-state index in [0.717, 1.165) is 27.8 Å². The highest BCUT2D eigenvalue weighted by Gasteiger charge is 2.13. The summed E-state index contributed by atoms with van der Waals surface area (Å²) in [7, 11) is 1.66. The van der Waals surface area contributed by atoms with Gasteiger partial charge >= 0.3 is 0 Å². The van der Waals surface area contributed by atoms with E-state index in [4.69, 9.17) is 14.2 Å². The number of aryl methyl sites for hydroxylation is 1. The standard InChI is InChI=1S/C18H22O4/c1-4-9-21-11-14(19)12-22-18-13(2)10-17(20-3)15-7-5-6-8-16(15)18/h4-8,10,14,19H,1,9,11-12H2,2-3H3. The van der Waals surface area contributed by atoms with Crippen LogP contribution in [0, 0.1) is 6.92 Å². The normalized spacial score (nSPS) is 12.1. The van der Waals surface area contributed by atoms with Crippen molar-refractivity contribution in [3.8, 4) is 11.5 Å². The monoisotopic (exact) mass is 302 g/mol. The summed E-state index contributed by atoms with van der Waals surface area (Å²) in [5.74, 6) is 1.58. The number of aliphatic hydroxyl groups excluding tert-OH is 1. The second-order valence-corrected chi connectivity index (χ2v) is 5.06. The van der Waals surface area contributed by atoms with Crippen molar-refractivity contribution in [2.75, 3.05) is 26.9 Å². The van der Waals surface area contributed by atoms with Crippen LogP contribution >= 0.6 is 0 Å². The summed E-state index contributed by atoms with van der Waals surface area (Å²) in [4.78, 5) is 0. The molecular formula is C18H22O4. The zero-order valence-corrected chi connectivity index (χ0v) is 13.0. The second-order valence-electron chi connectivity index (χ2n) is 5.06. The summed E-state index contributed by atoms with van der Waals surface area (Å²) in [6.07, 6.45) is 0.967. The molecule has 0 spiro atoms. The zero-order chi connectivity index (χ0) is 15.9. The molecule has 4 nitrogen and oxygen atoms in total. The molecule has 0 aromatic heterocycles. The van der Waals surface area contributed by atoms with Gasteiger partial charge < -0.3 is 19.3 Å². The van der Waals surface area contributed by atoms with Crippen LogP contribution in [0.15, 0.2) is 43.0 Å². The van der Waals surface area contributed by atoms with Crippen LogP contribution in [-0.2, 0) is 4.74 Å². The Bertz CT molecular complexity index is 636. The Kier molecular flexibility index (Phi) is 5.81. The minimum absolute atomic E-state index is 0.175. The number of hydrogen-bond donors (Lipinski definition) is 1. The number of hydrogen-bond acceptors (Lipinski definition) is 4. The first-order valence-electron chi connectivity index (χ1n) is 7.23. The minimum atomic E-state index is -0.680. The molecule has 0 amide bonds. The fraction of sp³-hybridized carbons (Fsp3) is 0.333. The van der Waals surface area contributed by atoms with Gasteiger partial charge in [-0.3, -0.25) is 0 Å². The van der Waals surface area contributed by atoms with Crippen LogP contribution in [0.25, 0.3) is 10.8 Å². The summed E-state index contributed by atoms with van der Waals surface area (Å²) in [5, 5.41) is 11.9. The average Bonchev–Trinajstić information content (AvgIpc) is 2.53. The first-order chi connectivity index (χ1) is 10.7. The molecule has 2 rings (SSSR count). The molecule has 1 N–H and O–H groups in total. The first-order valence-corrected chi connectivity index (χ1v) is 7.23. The molecule has 0 aliphatic carbocycles. The predicted molar refractivity (Wildman–Crippen MR) is 87.8 cm³/mol. The molecular weight excluding hydrogens is 280 g/mol. The SMILES string of the molecule is C=CCOCC(O)COc1c(C)cc(OC)c2ccccc12. The molecule has 0 saturated carbocycles. The van der Waals surface area contributed by atoms with Crippen molar-refractivity contribution in [2.24, 2.45) is 0 Å². The molecule has 0 aliphatic heterocycles. The molecule has 22 heavy (non-hydrogen) atoms. The third-order valence-corrected chi connectivity index (χ3v) is 3.33. The van der Waals surface area contributed by atoms with Crippen molar-refractivity contribution in [3.63, 3.8) is 0 Å². The molecule has 0 bridgehead atoms. The molecule has 0 heterocycles. The molecule has 118 valence electrons. The number of aliphatic hydroxyl groups is 1. The number of rotatable bonds is 8. The average molecular weight is 302 g/mol. The van der Waals surface area contributed by atoms with E-state index >= 15 is 0 Å². The van der Waals surface area contributed by atoms with Gasteiger partial charge in [-0.1, -0.05) is 30.3 Å². The van der Waals surface area contributed by atoms with Crippen LogP contribution in [0.5, 0.6) is 11.5 Å². The highest BCUT2D eigenvalue weighted by atomic mass is 16.5. The molecule has 0 saturated heterocycles. The lowest BCUT2D eigenvalue weighted by Gasteiger charge is -2.17. The van der Waals surface area contributed by atoms with Gasteiger partial charge in [0.2, 0.25) is 0 Å². The van der Waals surface area contributed by atoms with Crippen molar-refractivity contribution in [3.05, 3.63) is 48.6 Å². The topological polar surface area (TPSA) is 47.9 Å². The van der Waals surface area contributed by atoms with Gasteiger partial charge in [0.05, 0.1) is 20.3 Å². The van der Waals surface area contributed by atoms with E-state index in [-0.39, 0.29) is 13.2 Å². The van der Waals surface area contributed by atoms with Crippen LogP contribution in [0.4, 0.5) is 0 Å². The largest absolute Gasteiger partial charge is 0.496 e. The van der Waals surface area contributed by atoms with Gasteiger partial charge in [0.25, 0.3) is 0 Å². The second kappa shape index (κ2) is 7.82. The van der Waals surface area contributed by atoms with E-state index in [0.29, 0.717) is 6.61 Å². The quantitative estimate of drug-likeness (QED) is 0.601. The van der Waals surface area contributed by atoms with E-state index in [2.05, 4.69) is 6.58 Å². The Morgan fingerprint density at radius 2 is 1.95 bits per heavy atom. The fourth-order valence-electron chi connectivity index (χ4n) is 2.32. The molecule has 2 aromatic rings. The molecule has 4 heteroatoms. The van der Waals surface area contributed by atoms with Crippen molar-refractivity contribution in [2.45, 2.75) is 13.0 Å². The highest BCUT2D eigenvalue weighted by Crippen LogP contribution is 2.36. The van der Waals surface area contributed by atoms with E-state index < -0.39 is 6.10 Å². The number of fused-ring (bicyclic) bond motifs is 1. The predicted octanol–water partition coefficient (Wildman–Crippen LogP) is 3.10. The Labute approximate surface area is 130 Å². The summed E-state index contributed by atoms with van der Waals surface area (Å²) >= 11 is 0. The van der Waals surface area contributed by atoms with Crippen molar-refractivity contribution in [1.82, 2.24) is 0 Å². The lowest BCUT2D eigenvalue weighted by Crippen LogP contribution is -2.23. The summed E-state index contributed by atoms with van der Waals surface area (Å²) in [5.41, 5.74) is 0.967. The molecule has 0 aliphatic rings. The number of benzene rings is 2. The minimum Gasteiger partial charge on any atom is -0.496 e. The van der Waals surface area contributed by atoms with Gasteiger partial charge in [0.15, 0.2) is 0 Å². The van der Waals surface area contributed by atoms with Crippen molar-refractivity contribution in [1.29, 1.82) is 0 Å². The van der Waals surface area contributed by atoms with E-state index in [1.807, 2.05) is 37.3 Å². The van der Waals surface area contributed by atoms with Crippen LogP contribution in [-0.4, -0.2) is 38.1 Å². The van der Waals surface area contributed by atoms with Crippen LogP contribution < -0.4 is 9.47 Å². The lowest BCUT2D eigenvalue weighted by molar-refractivity contribution is 0.0216.